The van der Waals surface area contributed by atoms with Crippen LogP contribution in [-0.2, 0) is 0 Å². The number of rotatable bonds is 4. The molecule has 1 aliphatic heterocycles. The van der Waals surface area contributed by atoms with Gasteiger partial charge in [0, 0.05) is 17.3 Å². The summed E-state index contributed by atoms with van der Waals surface area (Å²) in [5.41, 5.74) is 1.25. The molecule has 0 spiro atoms. The van der Waals surface area contributed by atoms with Gasteiger partial charge in [0.2, 0.25) is 0 Å². The Bertz CT molecular complexity index is 547. The first kappa shape index (κ1) is 17.1. The van der Waals surface area contributed by atoms with Crippen LogP contribution in [0.25, 0.3) is 0 Å². The SMILES string of the molecule is Cc1ccc(Cl)cc1NC(=O)N1CCC[C@@]1(CO)CC(C)C. The third-order valence-corrected chi connectivity index (χ3v) is 4.60. The normalized spacial score (nSPS) is 21.5. The Morgan fingerprint density at radius 2 is 2.23 bits per heavy atom. The number of aliphatic hydroxyl groups excluding tert-OH is 1. The molecule has 2 amide bonds. The van der Waals surface area contributed by atoms with Crippen molar-refractivity contribution in [2.45, 2.75) is 45.6 Å². The van der Waals surface area contributed by atoms with Crippen LogP contribution in [0.15, 0.2) is 18.2 Å². The molecule has 1 fully saturated rings. The highest BCUT2D eigenvalue weighted by Crippen LogP contribution is 2.35. The molecular formula is C17H25ClN2O2. The van der Waals surface area contributed by atoms with Crippen LogP contribution in [0.5, 0.6) is 0 Å². The smallest absolute Gasteiger partial charge is 0.322 e. The van der Waals surface area contributed by atoms with Crippen molar-refractivity contribution in [3.05, 3.63) is 28.8 Å². The molecule has 2 rings (SSSR count). The van der Waals surface area contributed by atoms with Crippen LogP contribution >= 0.6 is 11.6 Å². The van der Waals surface area contributed by atoms with E-state index in [9.17, 15) is 9.90 Å². The summed E-state index contributed by atoms with van der Waals surface area (Å²) in [6.07, 6.45) is 2.59. The molecule has 1 atom stereocenters. The summed E-state index contributed by atoms with van der Waals surface area (Å²) < 4.78 is 0. The predicted octanol–water partition coefficient (Wildman–Crippen LogP) is 4.05. The van der Waals surface area contributed by atoms with E-state index in [1.807, 2.05) is 13.0 Å². The van der Waals surface area contributed by atoms with Gasteiger partial charge in [-0.1, -0.05) is 31.5 Å². The lowest BCUT2D eigenvalue weighted by atomic mass is 9.87. The molecule has 1 aliphatic rings. The first-order valence-electron chi connectivity index (χ1n) is 7.83. The number of aliphatic hydroxyl groups is 1. The molecule has 0 bridgehead atoms. The van der Waals surface area contributed by atoms with E-state index in [4.69, 9.17) is 11.6 Å². The lowest BCUT2D eigenvalue weighted by Gasteiger charge is -2.38. The minimum Gasteiger partial charge on any atom is -0.394 e. The second-order valence-corrected chi connectivity index (χ2v) is 7.06. The largest absolute Gasteiger partial charge is 0.394 e. The number of amides is 2. The Labute approximate surface area is 137 Å². The van der Waals surface area contributed by atoms with Gasteiger partial charge in [0.25, 0.3) is 0 Å². The van der Waals surface area contributed by atoms with Crippen molar-refractivity contribution in [2.75, 3.05) is 18.5 Å². The number of hydrogen-bond acceptors (Lipinski definition) is 2. The molecule has 4 nitrogen and oxygen atoms in total. The number of halogens is 1. The van der Waals surface area contributed by atoms with Crippen LogP contribution in [-0.4, -0.2) is 34.7 Å². The van der Waals surface area contributed by atoms with Gasteiger partial charge in [0.15, 0.2) is 0 Å². The number of likely N-dealkylation sites (tertiary alicyclic amines) is 1. The quantitative estimate of drug-likeness (QED) is 0.877. The van der Waals surface area contributed by atoms with E-state index >= 15 is 0 Å². The van der Waals surface area contributed by atoms with Crippen LogP contribution in [0, 0.1) is 12.8 Å². The van der Waals surface area contributed by atoms with Gasteiger partial charge in [-0.3, -0.25) is 0 Å². The van der Waals surface area contributed by atoms with E-state index in [1.54, 1.807) is 17.0 Å². The second-order valence-electron chi connectivity index (χ2n) is 6.63. The minimum atomic E-state index is -0.440. The fourth-order valence-corrected chi connectivity index (χ4v) is 3.54. The molecular weight excluding hydrogens is 300 g/mol. The Balaban J connectivity index is 2.18. The predicted molar refractivity (Wildman–Crippen MR) is 90.4 cm³/mol. The van der Waals surface area contributed by atoms with Crippen LogP contribution in [0.2, 0.25) is 5.02 Å². The average Bonchev–Trinajstić information content (AvgIpc) is 2.86. The van der Waals surface area contributed by atoms with Crippen molar-refractivity contribution in [3.8, 4) is 0 Å². The average molecular weight is 325 g/mol. The Morgan fingerprint density at radius 3 is 2.86 bits per heavy atom. The first-order chi connectivity index (χ1) is 10.4. The van der Waals surface area contributed by atoms with Crippen molar-refractivity contribution >= 4 is 23.3 Å². The van der Waals surface area contributed by atoms with Crippen LogP contribution in [0.3, 0.4) is 0 Å². The maximum absolute atomic E-state index is 12.7. The van der Waals surface area contributed by atoms with Crippen molar-refractivity contribution in [1.29, 1.82) is 0 Å². The van der Waals surface area contributed by atoms with Crippen molar-refractivity contribution in [1.82, 2.24) is 4.90 Å². The topological polar surface area (TPSA) is 52.6 Å². The summed E-state index contributed by atoms with van der Waals surface area (Å²) in [6.45, 7) is 6.86. The molecule has 122 valence electrons. The van der Waals surface area contributed by atoms with Gasteiger partial charge in [-0.25, -0.2) is 4.79 Å². The summed E-state index contributed by atoms with van der Waals surface area (Å²) in [5, 5.41) is 13.4. The first-order valence-corrected chi connectivity index (χ1v) is 8.21. The zero-order valence-corrected chi connectivity index (χ0v) is 14.3. The van der Waals surface area contributed by atoms with Gasteiger partial charge >= 0.3 is 6.03 Å². The number of benzene rings is 1. The summed E-state index contributed by atoms with van der Waals surface area (Å²) >= 11 is 6.01. The van der Waals surface area contributed by atoms with E-state index in [0.717, 1.165) is 30.5 Å². The Kier molecular flexibility index (Phi) is 5.35. The molecule has 1 aromatic carbocycles. The number of carbonyl (C=O) groups excluding carboxylic acids is 1. The highest BCUT2D eigenvalue weighted by atomic mass is 35.5. The monoisotopic (exact) mass is 324 g/mol. The van der Waals surface area contributed by atoms with Gasteiger partial charge in [0.1, 0.15) is 0 Å². The van der Waals surface area contributed by atoms with E-state index in [1.165, 1.54) is 0 Å². The molecule has 0 radical (unpaired) electrons. The number of carbonyl (C=O) groups is 1. The Morgan fingerprint density at radius 1 is 1.50 bits per heavy atom. The standard InChI is InChI=1S/C17H25ClN2O2/c1-12(2)10-17(11-21)7-4-8-20(17)16(22)19-15-9-14(18)6-5-13(15)3/h5-6,9,12,21H,4,7-8,10-11H2,1-3H3,(H,19,22)/t17-/m0/s1. The van der Waals surface area contributed by atoms with E-state index in [0.29, 0.717) is 17.5 Å². The van der Waals surface area contributed by atoms with E-state index < -0.39 is 5.54 Å². The highest BCUT2D eigenvalue weighted by Gasteiger charge is 2.43. The van der Waals surface area contributed by atoms with Crippen molar-refractivity contribution in [3.63, 3.8) is 0 Å². The second kappa shape index (κ2) is 6.88. The molecule has 0 unspecified atom stereocenters. The van der Waals surface area contributed by atoms with Crippen molar-refractivity contribution < 1.29 is 9.90 Å². The summed E-state index contributed by atoms with van der Waals surface area (Å²) in [5.74, 6) is 0.424. The van der Waals surface area contributed by atoms with Gasteiger partial charge in [-0.2, -0.15) is 0 Å². The van der Waals surface area contributed by atoms with Gasteiger partial charge in [-0.05, 0) is 49.8 Å². The number of nitrogens with one attached hydrogen (secondary N) is 1. The number of urea groups is 1. The number of anilines is 1. The lowest BCUT2D eigenvalue weighted by Crippen LogP contribution is -2.52. The number of aryl methyl sites for hydroxylation is 1. The van der Waals surface area contributed by atoms with Gasteiger partial charge in [0.05, 0.1) is 12.1 Å². The molecule has 2 N–H and O–H groups in total. The third-order valence-electron chi connectivity index (χ3n) is 4.37. The molecule has 22 heavy (non-hydrogen) atoms. The molecule has 0 aliphatic carbocycles. The molecule has 0 aromatic heterocycles. The minimum absolute atomic E-state index is 0.00707. The van der Waals surface area contributed by atoms with Crippen molar-refractivity contribution in [2.24, 2.45) is 5.92 Å². The molecule has 0 saturated carbocycles. The Hall–Kier alpha value is -1.26. The molecule has 1 saturated heterocycles. The van der Waals surface area contributed by atoms with E-state index in [-0.39, 0.29) is 12.6 Å². The summed E-state index contributed by atoms with van der Waals surface area (Å²) in [6, 6.07) is 5.29. The summed E-state index contributed by atoms with van der Waals surface area (Å²) in [4.78, 5) is 14.5. The zero-order chi connectivity index (χ0) is 16.3. The maximum atomic E-state index is 12.7. The molecule has 5 heteroatoms. The third kappa shape index (κ3) is 3.55. The van der Waals surface area contributed by atoms with Gasteiger partial charge in [-0.15, -0.1) is 0 Å². The molecule has 1 aromatic rings. The van der Waals surface area contributed by atoms with Crippen LogP contribution < -0.4 is 5.32 Å². The van der Waals surface area contributed by atoms with Crippen LogP contribution in [0.4, 0.5) is 10.5 Å². The lowest BCUT2D eigenvalue weighted by molar-refractivity contribution is 0.0728. The fraction of sp³-hybridized carbons (Fsp3) is 0.588. The highest BCUT2D eigenvalue weighted by molar-refractivity contribution is 6.31. The zero-order valence-electron chi connectivity index (χ0n) is 13.5. The number of hydrogen-bond donors (Lipinski definition) is 2. The maximum Gasteiger partial charge on any atom is 0.322 e. The van der Waals surface area contributed by atoms with Gasteiger partial charge < -0.3 is 15.3 Å². The summed E-state index contributed by atoms with van der Waals surface area (Å²) in [7, 11) is 0. The fourth-order valence-electron chi connectivity index (χ4n) is 3.37. The number of nitrogens with zero attached hydrogens (tertiary/aromatic N) is 1. The van der Waals surface area contributed by atoms with E-state index in [2.05, 4.69) is 19.2 Å². The molecule has 1 heterocycles. The van der Waals surface area contributed by atoms with Crippen LogP contribution in [0.1, 0.15) is 38.7 Å².